The highest BCUT2D eigenvalue weighted by Crippen LogP contribution is 2.30. The number of nitrogens with two attached hydrogens (primary N) is 1. The Morgan fingerprint density at radius 2 is 1.78 bits per heavy atom. The molecule has 1 amide bonds. The summed E-state index contributed by atoms with van der Waals surface area (Å²) in [6, 6.07) is 13.0. The third-order valence-corrected chi connectivity index (χ3v) is 5.51. The summed E-state index contributed by atoms with van der Waals surface area (Å²) in [5.74, 6) is -0.210. The number of nitrogens with one attached hydrogen (secondary N) is 1. The van der Waals surface area contributed by atoms with Crippen LogP contribution in [0.4, 0.5) is 5.69 Å². The van der Waals surface area contributed by atoms with E-state index in [0.29, 0.717) is 10.7 Å². The van der Waals surface area contributed by atoms with Gasteiger partial charge in [-0.05, 0) is 43.3 Å². The molecule has 0 fully saturated rings. The van der Waals surface area contributed by atoms with Crippen LogP contribution in [0.15, 0.2) is 58.3 Å². The van der Waals surface area contributed by atoms with Gasteiger partial charge in [0.1, 0.15) is 0 Å². The molecule has 5 nitrogen and oxygen atoms in total. The van der Waals surface area contributed by atoms with Crippen molar-refractivity contribution in [3.8, 4) is 0 Å². The smallest absolute Gasteiger partial charge is 0.238 e. The average molecular weight is 371 g/mol. The molecule has 0 aromatic heterocycles. The van der Waals surface area contributed by atoms with Crippen molar-refractivity contribution < 1.29 is 13.2 Å². The van der Waals surface area contributed by atoms with Crippen molar-refractivity contribution in [3.63, 3.8) is 0 Å². The van der Waals surface area contributed by atoms with Gasteiger partial charge in [0.2, 0.25) is 15.9 Å². The van der Waals surface area contributed by atoms with Crippen LogP contribution in [0.25, 0.3) is 0 Å². The van der Waals surface area contributed by atoms with Gasteiger partial charge in [-0.2, -0.15) is 0 Å². The first kappa shape index (κ1) is 17.8. The summed E-state index contributed by atoms with van der Waals surface area (Å²) in [6.07, 6.45) is 0. The van der Waals surface area contributed by atoms with Gasteiger partial charge in [0.25, 0.3) is 0 Å². The molecule has 2 aromatic carbocycles. The first-order chi connectivity index (χ1) is 10.8. The third kappa shape index (κ3) is 4.97. The highest BCUT2D eigenvalue weighted by Gasteiger charge is 2.16. The molecule has 8 heteroatoms. The second-order valence-corrected chi connectivity index (χ2v) is 8.10. The Bertz CT molecular complexity index is 808. The Hall–Kier alpha value is -1.54. The third-order valence-electron chi connectivity index (χ3n) is 2.96. The topological polar surface area (TPSA) is 89.3 Å². The molecule has 23 heavy (non-hydrogen) atoms. The molecule has 0 aliphatic rings. The van der Waals surface area contributed by atoms with Crippen LogP contribution in [0.2, 0.25) is 5.02 Å². The van der Waals surface area contributed by atoms with E-state index in [4.69, 9.17) is 16.7 Å². The number of carbonyl (C=O) groups is 1. The van der Waals surface area contributed by atoms with Crippen molar-refractivity contribution in [2.75, 3.05) is 5.32 Å². The Morgan fingerprint density at radius 1 is 1.17 bits per heavy atom. The van der Waals surface area contributed by atoms with Crippen molar-refractivity contribution in [1.82, 2.24) is 0 Å². The van der Waals surface area contributed by atoms with E-state index >= 15 is 0 Å². The van der Waals surface area contributed by atoms with E-state index < -0.39 is 10.0 Å². The predicted octanol–water partition coefficient (Wildman–Crippen LogP) is 3.11. The van der Waals surface area contributed by atoms with Crippen LogP contribution in [-0.2, 0) is 14.8 Å². The summed E-state index contributed by atoms with van der Waals surface area (Å²) >= 11 is 7.42. The van der Waals surface area contributed by atoms with Crippen LogP contribution in [-0.4, -0.2) is 19.6 Å². The SMILES string of the molecule is C[C@@H](Sc1ccccc1Cl)C(=O)Nc1ccc(S(N)(=O)=O)cc1. The van der Waals surface area contributed by atoms with Gasteiger partial charge in [-0.3, -0.25) is 4.79 Å². The zero-order valence-corrected chi connectivity index (χ0v) is 14.6. The Kier molecular flexibility index (Phi) is 5.69. The normalized spacial score (nSPS) is 12.7. The first-order valence-electron chi connectivity index (χ1n) is 6.62. The summed E-state index contributed by atoms with van der Waals surface area (Å²) in [4.78, 5) is 13.0. The number of anilines is 1. The van der Waals surface area contributed by atoms with Crippen molar-refractivity contribution in [3.05, 3.63) is 53.6 Å². The molecule has 0 aliphatic carbocycles. The summed E-state index contributed by atoms with van der Waals surface area (Å²) in [5.41, 5.74) is 0.494. The standard InChI is InChI=1S/C15H15ClN2O3S2/c1-10(22-14-5-3-2-4-13(14)16)15(19)18-11-6-8-12(9-7-11)23(17,20)21/h2-10H,1H3,(H,18,19)(H2,17,20,21)/t10-/m1/s1. The van der Waals surface area contributed by atoms with Crippen LogP contribution >= 0.6 is 23.4 Å². The largest absolute Gasteiger partial charge is 0.325 e. The molecule has 0 radical (unpaired) electrons. The maximum absolute atomic E-state index is 12.2. The summed E-state index contributed by atoms with van der Waals surface area (Å²) in [6.45, 7) is 1.77. The number of rotatable bonds is 5. The molecule has 0 saturated heterocycles. The van der Waals surface area contributed by atoms with Gasteiger partial charge >= 0.3 is 0 Å². The van der Waals surface area contributed by atoms with E-state index in [1.807, 2.05) is 18.2 Å². The van der Waals surface area contributed by atoms with Gasteiger partial charge in [-0.15, -0.1) is 11.8 Å². The van der Waals surface area contributed by atoms with Crippen LogP contribution in [0.3, 0.4) is 0 Å². The molecule has 0 aliphatic heterocycles. The Balaban J connectivity index is 2.02. The van der Waals surface area contributed by atoms with Crippen molar-refractivity contribution in [1.29, 1.82) is 0 Å². The number of amides is 1. The van der Waals surface area contributed by atoms with Gasteiger partial charge in [0.05, 0.1) is 15.2 Å². The number of primary sulfonamides is 1. The second kappa shape index (κ2) is 7.35. The maximum atomic E-state index is 12.2. The lowest BCUT2D eigenvalue weighted by Crippen LogP contribution is -2.22. The zero-order chi connectivity index (χ0) is 17.0. The highest BCUT2D eigenvalue weighted by molar-refractivity contribution is 8.00. The molecule has 2 aromatic rings. The number of hydrogen-bond donors (Lipinski definition) is 2. The molecule has 1 atom stereocenters. The minimum atomic E-state index is -3.74. The van der Waals surface area contributed by atoms with Crippen LogP contribution < -0.4 is 10.5 Å². The van der Waals surface area contributed by atoms with E-state index in [1.54, 1.807) is 13.0 Å². The Morgan fingerprint density at radius 3 is 2.35 bits per heavy atom. The number of sulfonamides is 1. The molecule has 0 bridgehead atoms. The summed E-state index contributed by atoms with van der Waals surface area (Å²) in [7, 11) is -3.74. The molecule has 122 valence electrons. The summed E-state index contributed by atoms with van der Waals surface area (Å²) < 4.78 is 22.4. The molecular formula is C15H15ClN2O3S2. The second-order valence-electron chi connectivity index (χ2n) is 4.75. The first-order valence-corrected chi connectivity index (χ1v) is 9.42. The maximum Gasteiger partial charge on any atom is 0.238 e. The zero-order valence-electron chi connectivity index (χ0n) is 12.2. The summed E-state index contributed by atoms with van der Waals surface area (Å²) in [5, 5.41) is 7.97. The van der Waals surface area contributed by atoms with Gasteiger partial charge in [0.15, 0.2) is 0 Å². The monoisotopic (exact) mass is 370 g/mol. The molecule has 0 unspecified atom stereocenters. The fourth-order valence-corrected chi connectivity index (χ4v) is 3.43. The van der Waals surface area contributed by atoms with Crippen LogP contribution in [0, 0.1) is 0 Å². The van der Waals surface area contributed by atoms with Gasteiger partial charge in [0, 0.05) is 10.6 Å². The lowest BCUT2D eigenvalue weighted by molar-refractivity contribution is -0.115. The molecule has 0 spiro atoms. The van der Waals surface area contributed by atoms with Gasteiger partial charge in [-0.1, -0.05) is 23.7 Å². The van der Waals surface area contributed by atoms with Crippen molar-refractivity contribution in [2.24, 2.45) is 5.14 Å². The molecule has 0 saturated carbocycles. The van der Waals surface area contributed by atoms with Crippen LogP contribution in [0.5, 0.6) is 0 Å². The fourth-order valence-electron chi connectivity index (χ4n) is 1.76. The van der Waals surface area contributed by atoms with E-state index in [1.165, 1.54) is 36.0 Å². The van der Waals surface area contributed by atoms with E-state index in [-0.39, 0.29) is 16.1 Å². The fraction of sp³-hybridized carbons (Fsp3) is 0.133. The van der Waals surface area contributed by atoms with E-state index in [9.17, 15) is 13.2 Å². The Labute approximate surface area is 144 Å². The average Bonchev–Trinajstić information content (AvgIpc) is 2.49. The highest BCUT2D eigenvalue weighted by atomic mass is 35.5. The number of halogens is 1. The lowest BCUT2D eigenvalue weighted by atomic mass is 10.3. The number of carbonyl (C=O) groups excluding carboxylic acids is 1. The van der Waals surface area contributed by atoms with E-state index in [2.05, 4.69) is 5.32 Å². The minimum absolute atomic E-state index is 0.00556. The number of benzene rings is 2. The predicted molar refractivity (Wildman–Crippen MR) is 93.2 cm³/mol. The number of hydrogen-bond acceptors (Lipinski definition) is 4. The molecular weight excluding hydrogens is 356 g/mol. The number of thioether (sulfide) groups is 1. The van der Waals surface area contributed by atoms with E-state index in [0.717, 1.165) is 4.90 Å². The van der Waals surface area contributed by atoms with Crippen LogP contribution in [0.1, 0.15) is 6.92 Å². The molecule has 3 N–H and O–H groups in total. The van der Waals surface area contributed by atoms with Crippen molar-refractivity contribution in [2.45, 2.75) is 22.0 Å². The molecule has 2 rings (SSSR count). The minimum Gasteiger partial charge on any atom is -0.325 e. The van der Waals surface area contributed by atoms with Gasteiger partial charge < -0.3 is 5.32 Å². The van der Waals surface area contributed by atoms with Crippen molar-refractivity contribution >= 4 is 45.0 Å². The quantitative estimate of drug-likeness (QED) is 0.791. The molecule has 0 heterocycles. The lowest BCUT2D eigenvalue weighted by Gasteiger charge is -2.13. The van der Waals surface area contributed by atoms with Gasteiger partial charge in [-0.25, -0.2) is 13.6 Å².